The fourth-order valence-electron chi connectivity index (χ4n) is 4.43. The Balaban J connectivity index is 1.59. The molecule has 0 spiro atoms. The van der Waals surface area contributed by atoms with E-state index in [0.29, 0.717) is 37.3 Å². The standard InChI is InChI=1S/C25H18ClF4N5O8S2/c26-16-8-20(45(40,41)34(24(36)37)21-11-44-12-31-21)17(27)9-19(16)43-18-5-4-13(25(28,29)30)7-14(18)15-10-33(32-23(15)35(38)39)22-3-1-2-6-42-22/h4-5,7-12,22H,1-3,6H2,(H,36,37). The van der Waals surface area contributed by atoms with Crippen LogP contribution in [0.15, 0.2) is 52.3 Å². The number of nitro groups is 1. The molecular formula is C25H18ClF4N5O8S2. The van der Waals surface area contributed by atoms with Gasteiger partial charge in [0, 0.05) is 23.6 Å². The van der Waals surface area contributed by atoms with E-state index >= 15 is 4.39 Å². The van der Waals surface area contributed by atoms with Gasteiger partial charge in [-0.3, -0.25) is 0 Å². The van der Waals surface area contributed by atoms with Gasteiger partial charge in [-0.2, -0.15) is 17.9 Å². The van der Waals surface area contributed by atoms with E-state index in [0.717, 1.165) is 52.0 Å². The van der Waals surface area contributed by atoms with Crippen molar-refractivity contribution in [3.05, 3.63) is 73.9 Å². The Kier molecular flexibility index (Phi) is 8.71. The normalized spacial score (nSPS) is 15.5. The number of hydrogen-bond donors (Lipinski definition) is 1. The number of carbonyl (C=O) groups is 1. The largest absolute Gasteiger partial charge is 0.464 e. The smallest absolute Gasteiger partial charge is 0.427 e. The van der Waals surface area contributed by atoms with Crippen LogP contribution in [0.1, 0.15) is 31.1 Å². The van der Waals surface area contributed by atoms with Gasteiger partial charge in [0.2, 0.25) is 0 Å². The highest BCUT2D eigenvalue weighted by molar-refractivity contribution is 7.93. The van der Waals surface area contributed by atoms with Gasteiger partial charge in [0.25, 0.3) is 10.0 Å². The topological polar surface area (TPSA) is 167 Å². The molecule has 13 nitrogen and oxygen atoms in total. The van der Waals surface area contributed by atoms with E-state index in [1.807, 2.05) is 0 Å². The Bertz CT molecular complexity index is 1880. The summed E-state index contributed by atoms with van der Waals surface area (Å²) in [7, 11) is -5.12. The van der Waals surface area contributed by atoms with Crippen molar-refractivity contribution in [3.63, 3.8) is 0 Å². The zero-order chi connectivity index (χ0) is 32.7. The van der Waals surface area contributed by atoms with Gasteiger partial charge in [-0.05, 0) is 48.5 Å². The van der Waals surface area contributed by atoms with E-state index in [9.17, 15) is 41.6 Å². The van der Waals surface area contributed by atoms with Gasteiger partial charge in [-0.15, -0.1) is 15.6 Å². The molecule has 1 atom stereocenters. The van der Waals surface area contributed by atoms with Crippen molar-refractivity contribution < 1.29 is 50.3 Å². The molecule has 5 rings (SSSR count). The third-order valence-electron chi connectivity index (χ3n) is 6.46. The summed E-state index contributed by atoms with van der Waals surface area (Å²) in [6.07, 6.45) is -4.55. The second kappa shape index (κ2) is 12.2. The van der Waals surface area contributed by atoms with Crippen LogP contribution in [0.4, 0.5) is 34.0 Å². The van der Waals surface area contributed by atoms with Gasteiger partial charge in [0.05, 0.1) is 27.4 Å². The lowest BCUT2D eigenvalue weighted by Gasteiger charge is -2.20. The number of rotatable bonds is 8. The van der Waals surface area contributed by atoms with Crippen molar-refractivity contribution in [2.24, 2.45) is 0 Å². The third kappa shape index (κ3) is 6.42. The average Bonchev–Trinajstić information content (AvgIpc) is 3.65. The molecule has 1 aliphatic rings. The second-order valence-corrected chi connectivity index (χ2v) is 12.2. The van der Waals surface area contributed by atoms with Crippen LogP contribution in [0.3, 0.4) is 0 Å². The molecule has 1 N–H and O–H groups in total. The number of ether oxygens (including phenoxy) is 2. The summed E-state index contributed by atoms with van der Waals surface area (Å²) < 4.78 is 94.8. The zero-order valence-corrected chi connectivity index (χ0v) is 24.7. The van der Waals surface area contributed by atoms with Crippen molar-refractivity contribution >= 4 is 50.7 Å². The Labute approximate surface area is 259 Å². The van der Waals surface area contributed by atoms with Crippen LogP contribution in [0.25, 0.3) is 11.1 Å². The lowest BCUT2D eigenvalue weighted by atomic mass is 10.0. The number of amides is 1. The van der Waals surface area contributed by atoms with Crippen molar-refractivity contribution in [2.75, 3.05) is 10.9 Å². The number of anilines is 1. The highest BCUT2D eigenvalue weighted by atomic mass is 35.5. The Morgan fingerprint density at radius 2 is 1.98 bits per heavy atom. The average molecular weight is 692 g/mol. The minimum absolute atomic E-state index is 0.167. The number of carboxylic acid groups (broad SMARTS) is 1. The zero-order valence-electron chi connectivity index (χ0n) is 22.3. The molecule has 1 amide bonds. The first-order chi connectivity index (χ1) is 21.2. The molecular weight excluding hydrogens is 674 g/mol. The van der Waals surface area contributed by atoms with Crippen LogP contribution >= 0.6 is 22.9 Å². The van der Waals surface area contributed by atoms with Gasteiger partial charge in [-0.1, -0.05) is 11.6 Å². The maximum Gasteiger partial charge on any atom is 0.427 e. The predicted octanol–water partition coefficient (Wildman–Crippen LogP) is 7.09. The molecule has 0 bridgehead atoms. The van der Waals surface area contributed by atoms with Crippen molar-refractivity contribution in [3.8, 4) is 22.6 Å². The Hall–Kier alpha value is -4.33. The Morgan fingerprint density at radius 1 is 1.22 bits per heavy atom. The minimum atomic E-state index is -5.12. The summed E-state index contributed by atoms with van der Waals surface area (Å²) in [6, 6.07) is 3.04. The van der Waals surface area contributed by atoms with Crippen LogP contribution < -0.4 is 9.04 Å². The molecule has 2 aromatic carbocycles. The first-order valence-electron chi connectivity index (χ1n) is 12.6. The number of halogens is 5. The molecule has 1 saturated heterocycles. The van der Waals surface area contributed by atoms with E-state index in [2.05, 4.69) is 10.1 Å². The summed E-state index contributed by atoms with van der Waals surface area (Å²) in [5, 5.41) is 25.8. The quantitative estimate of drug-likeness (QED) is 0.114. The first kappa shape index (κ1) is 32.1. The number of benzene rings is 2. The number of aromatic nitrogens is 3. The molecule has 1 unspecified atom stereocenters. The monoisotopic (exact) mass is 691 g/mol. The molecule has 0 radical (unpaired) electrons. The van der Waals surface area contributed by atoms with Crippen LogP contribution in [-0.4, -0.2) is 45.9 Å². The first-order valence-corrected chi connectivity index (χ1v) is 15.3. The fraction of sp³-hybridized carbons (Fsp3) is 0.240. The molecule has 4 aromatic rings. The lowest BCUT2D eigenvalue weighted by Crippen LogP contribution is -2.36. The number of nitrogens with zero attached hydrogens (tertiary/aromatic N) is 5. The van der Waals surface area contributed by atoms with Gasteiger partial charge < -0.3 is 24.7 Å². The number of sulfonamides is 1. The number of alkyl halides is 3. The van der Waals surface area contributed by atoms with Gasteiger partial charge >= 0.3 is 18.1 Å². The summed E-state index contributed by atoms with van der Waals surface area (Å²) in [6.45, 7) is 0.343. The molecule has 3 heterocycles. The fourth-order valence-corrected chi connectivity index (χ4v) is 6.60. The van der Waals surface area contributed by atoms with Crippen LogP contribution in [-0.2, 0) is 20.9 Å². The van der Waals surface area contributed by atoms with Gasteiger partial charge in [0.15, 0.2) is 12.0 Å². The SMILES string of the molecule is O=C(O)N(c1cscn1)S(=O)(=O)c1cc(Cl)c(Oc2ccc(C(F)(F)F)cc2-c2cn(C3CCCCO3)nc2[N+](=O)[O-])cc1F. The van der Waals surface area contributed by atoms with Crippen LogP contribution in [0.5, 0.6) is 11.5 Å². The van der Waals surface area contributed by atoms with E-state index in [-0.39, 0.29) is 9.87 Å². The summed E-state index contributed by atoms with van der Waals surface area (Å²) in [4.78, 5) is 25.2. The van der Waals surface area contributed by atoms with Crippen LogP contribution in [0, 0.1) is 15.9 Å². The lowest BCUT2D eigenvalue weighted by molar-refractivity contribution is -0.389. The van der Waals surface area contributed by atoms with Crippen LogP contribution in [0.2, 0.25) is 5.02 Å². The molecule has 0 saturated carbocycles. The van der Waals surface area contributed by atoms with Crippen molar-refractivity contribution in [1.82, 2.24) is 14.8 Å². The van der Waals surface area contributed by atoms with Gasteiger partial charge in [0.1, 0.15) is 27.8 Å². The second-order valence-electron chi connectivity index (χ2n) is 9.35. The number of thiazole rings is 1. The molecule has 2 aromatic heterocycles. The highest BCUT2D eigenvalue weighted by Gasteiger charge is 2.37. The molecule has 0 aliphatic carbocycles. The maximum atomic E-state index is 15.3. The molecule has 1 aliphatic heterocycles. The maximum absolute atomic E-state index is 15.3. The minimum Gasteiger partial charge on any atom is -0.464 e. The Morgan fingerprint density at radius 3 is 2.58 bits per heavy atom. The molecule has 238 valence electrons. The summed E-state index contributed by atoms with van der Waals surface area (Å²) in [5.41, 5.74) is -0.895. The molecule has 45 heavy (non-hydrogen) atoms. The van der Waals surface area contributed by atoms with Crippen molar-refractivity contribution in [2.45, 2.75) is 36.6 Å². The van der Waals surface area contributed by atoms with E-state index in [4.69, 9.17) is 21.1 Å². The van der Waals surface area contributed by atoms with E-state index in [1.54, 1.807) is 0 Å². The molecule has 1 fully saturated rings. The van der Waals surface area contributed by atoms with Gasteiger partial charge in [-0.25, -0.2) is 22.6 Å². The van der Waals surface area contributed by atoms with E-state index in [1.165, 1.54) is 0 Å². The third-order valence-corrected chi connectivity index (χ3v) is 9.02. The summed E-state index contributed by atoms with van der Waals surface area (Å²) in [5.74, 6) is -3.93. The van der Waals surface area contributed by atoms with Crippen molar-refractivity contribution in [1.29, 1.82) is 0 Å². The predicted molar refractivity (Wildman–Crippen MR) is 149 cm³/mol. The highest BCUT2D eigenvalue weighted by Crippen LogP contribution is 2.44. The molecule has 20 heteroatoms. The van der Waals surface area contributed by atoms with E-state index < -0.39 is 83.4 Å². The summed E-state index contributed by atoms with van der Waals surface area (Å²) >= 11 is 7.08. The number of hydrogen-bond acceptors (Lipinski definition) is 10.